The van der Waals surface area contributed by atoms with Crippen LogP contribution in [0.15, 0.2) is 12.1 Å². The summed E-state index contributed by atoms with van der Waals surface area (Å²) in [6, 6.07) is 0.612. The van der Waals surface area contributed by atoms with E-state index in [0.29, 0.717) is 0 Å². The van der Waals surface area contributed by atoms with Gasteiger partial charge >= 0.3 is 11.7 Å². The number of nitrogens with two attached hydrogens (primary N) is 1. The first-order valence-electron chi connectivity index (χ1n) is 4.42. The molecule has 0 spiro atoms. The summed E-state index contributed by atoms with van der Waals surface area (Å²) in [5.41, 5.74) is 4.64. The van der Waals surface area contributed by atoms with Crippen molar-refractivity contribution in [3.05, 3.63) is 27.8 Å². The minimum atomic E-state index is -1.43. The van der Waals surface area contributed by atoms with Crippen molar-refractivity contribution in [3.8, 4) is 11.5 Å². The molecule has 0 amide bonds. The van der Waals surface area contributed by atoms with Crippen molar-refractivity contribution in [1.29, 1.82) is 0 Å². The van der Waals surface area contributed by atoms with Gasteiger partial charge in [-0.1, -0.05) is 0 Å². The number of methoxy groups -OCH3 is 1. The summed E-state index contributed by atoms with van der Waals surface area (Å²) >= 11 is 0. The number of carboxylic acid groups (broad SMARTS) is 1. The number of carboxylic acids is 1. The molecule has 0 aliphatic heterocycles. The Balaban J connectivity index is 3.39. The molecule has 0 saturated carbocycles. The van der Waals surface area contributed by atoms with Gasteiger partial charge in [0.05, 0.1) is 12.0 Å². The molecule has 0 bridgehead atoms. The molecule has 1 aromatic rings. The summed E-state index contributed by atoms with van der Waals surface area (Å²) in [7, 11) is 1.19. The Morgan fingerprint density at radius 3 is 2.59 bits per heavy atom. The number of benzene rings is 1. The molecule has 1 atom stereocenters. The van der Waals surface area contributed by atoms with E-state index >= 15 is 0 Å². The molecule has 1 aromatic carbocycles. The first-order chi connectivity index (χ1) is 7.88. The van der Waals surface area contributed by atoms with Gasteiger partial charge in [-0.15, -0.1) is 0 Å². The topological polar surface area (TPSA) is 136 Å². The molecular formula is C9H10N2O6. The highest BCUT2D eigenvalue weighted by molar-refractivity contribution is 5.76. The van der Waals surface area contributed by atoms with Gasteiger partial charge in [0.25, 0.3) is 0 Å². The number of phenolic OH excluding ortho intramolecular Hbond substituents is 1. The van der Waals surface area contributed by atoms with Gasteiger partial charge in [0, 0.05) is 6.07 Å². The molecule has 0 fully saturated rings. The third-order valence-electron chi connectivity index (χ3n) is 2.12. The quantitative estimate of drug-likeness (QED) is 0.513. The molecule has 92 valence electrons. The molecule has 0 aliphatic rings. The van der Waals surface area contributed by atoms with Crippen LogP contribution in [0.4, 0.5) is 5.69 Å². The molecule has 1 unspecified atom stereocenters. The van der Waals surface area contributed by atoms with Gasteiger partial charge in [0.15, 0.2) is 5.75 Å². The number of hydrogen-bond acceptors (Lipinski definition) is 6. The average Bonchev–Trinajstić information content (AvgIpc) is 2.27. The van der Waals surface area contributed by atoms with Crippen molar-refractivity contribution in [3.63, 3.8) is 0 Å². The third kappa shape index (κ3) is 2.42. The lowest BCUT2D eigenvalue weighted by atomic mass is 10.1. The summed E-state index contributed by atoms with van der Waals surface area (Å²) in [6.45, 7) is 0. The van der Waals surface area contributed by atoms with Gasteiger partial charge in [-0.25, -0.2) is 0 Å². The van der Waals surface area contributed by atoms with E-state index in [1.54, 1.807) is 0 Å². The zero-order valence-corrected chi connectivity index (χ0v) is 8.78. The summed E-state index contributed by atoms with van der Waals surface area (Å²) in [4.78, 5) is 20.5. The van der Waals surface area contributed by atoms with Crippen LogP contribution in [0.25, 0.3) is 0 Å². The molecule has 0 saturated heterocycles. The van der Waals surface area contributed by atoms with Crippen molar-refractivity contribution in [2.24, 2.45) is 5.73 Å². The number of hydrogen-bond donors (Lipinski definition) is 3. The maximum Gasteiger partial charge on any atom is 0.325 e. The molecule has 0 heterocycles. The number of aliphatic carboxylic acids is 1. The maximum absolute atomic E-state index is 10.7. The molecule has 8 nitrogen and oxygen atoms in total. The van der Waals surface area contributed by atoms with E-state index in [9.17, 15) is 20.0 Å². The Morgan fingerprint density at radius 2 is 2.18 bits per heavy atom. The highest BCUT2D eigenvalue weighted by atomic mass is 16.6. The smallest absolute Gasteiger partial charge is 0.325 e. The fraction of sp³-hybridized carbons (Fsp3) is 0.222. The van der Waals surface area contributed by atoms with Crippen molar-refractivity contribution < 1.29 is 24.7 Å². The number of nitro groups is 1. The first kappa shape index (κ1) is 12.7. The van der Waals surface area contributed by atoms with Gasteiger partial charge in [0.1, 0.15) is 6.04 Å². The second-order valence-electron chi connectivity index (χ2n) is 3.16. The molecule has 4 N–H and O–H groups in total. The Labute approximate surface area is 95.4 Å². The average molecular weight is 242 g/mol. The molecule has 0 radical (unpaired) electrons. The molecule has 8 heteroatoms. The summed E-state index contributed by atoms with van der Waals surface area (Å²) < 4.78 is 4.70. The van der Waals surface area contributed by atoms with Crippen LogP contribution < -0.4 is 10.5 Å². The van der Waals surface area contributed by atoms with Crippen LogP contribution in [-0.4, -0.2) is 28.2 Å². The fourth-order valence-electron chi connectivity index (χ4n) is 1.23. The van der Waals surface area contributed by atoms with Crippen LogP contribution in [0.2, 0.25) is 0 Å². The van der Waals surface area contributed by atoms with Crippen LogP contribution in [-0.2, 0) is 4.79 Å². The Morgan fingerprint density at radius 1 is 1.59 bits per heavy atom. The van der Waals surface area contributed by atoms with Crippen molar-refractivity contribution >= 4 is 11.7 Å². The van der Waals surface area contributed by atoms with Crippen LogP contribution in [0.3, 0.4) is 0 Å². The van der Waals surface area contributed by atoms with Gasteiger partial charge in [-0.3, -0.25) is 14.9 Å². The fourth-order valence-corrected chi connectivity index (χ4v) is 1.23. The lowest BCUT2D eigenvalue weighted by Crippen LogP contribution is -2.20. The molecule has 17 heavy (non-hydrogen) atoms. The van der Waals surface area contributed by atoms with E-state index in [-0.39, 0.29) is 11.3 Å². The minimum Gasteiger partial charge on any atom is -0.500 e. The number of nitro benzene ring substituents is 1. The molecule has 0 aromatic heterocycles. The monoisotopic (exact) mass is 242 g/mol. The predicted octanol–water partition coefficient (Wildman–Crippen LogP) is 0.393. The van der Waals surface area contributed by atoms with Gasteiger partial charge in [-0.2, -0.15) is 0 Å². The number of phenols is 1. The van der Waals surface area contributed by atoms with E-state index in [0.717, 1.165) is 12.1 Å². The number of nitrogens with zero attached hydrogens (tertiary/aromatic N) is 1. The maximum atomic E-state index is 10.7. The van der Waals surface area contributed by atoms with E-state index in [2.05, 4.69) is 0 Å². The summed E-state index contributed by atoms with van der Waals surface area (Å²) in [6.07, 6.45) is 0. The Hall–Kier alpha value is -2.35. The van der Waals surface area contributed by atoms with Crippen LogP contribution >= 0.6 is 0 Å². The number of carbonyl (C=O) groups is 1. The Kier molecular flexibility index (Phi) is 3.49. The lowest BCUT2D eigenvalue weighted by Gasteiger charge is -2.10. The molecule has 0 aliphatic carbocycles. The standard InChI is InChI=1S/C9H10N2O6/c1-17-6-3-4(7(10)9(13)14)2-5(8(6)12)11(15)16/h2-3,7,12H,10H2,1H3,(H,13,14). The summed E-state index contributed by atoms with van der Waals surface area (Å²) in [5.74, 6) is -2.21. The second kappa shape index (κ2) is 4.66. The van der Waals surface area contributed by atoms with Crippen molar-refractivity contribution in [1.82, 2.24) is 0 Å². The van der Waals surface area contributed by atoms with E-state index in [4.69, 9.17) is 15.6 Å². The number of aromatic hydroxyl groups is 1. The van der Waals surface area contributed by atoms with Crippen LogP contribution in [0, 0.1) is 10.1 Å². The highest BCUT2D eigenvalue weighted by Crippen LogP contribution is 2.38. The normalized spacial score (nSPS) is 11.9. The van der Waals surface area contributed by atoms with Crippen LogP contribution in [0.5, 0.6) is 11.5 Å². The van der Waals surface area contributed by atoms with Crippen molar-refractivity contribution in [2.45, 2.75) is 6.04 Å². The van der Waals surface area contributed by atoms with Crippen molar-refractivity contribution in [2.75, 3.05) is 7.11 Å². The zero-order chi connectivity index (χ0) is 13.2. The number of rotatable bonds is 4. The minimum absolute atomic E-state index is 0.0288. The second-order valence-corrected chi connectivity index (χ2v) is 3.16. The number of ether oxygens (including phenoxy) is 1. The third-order valence-corrected chi connectivity index (χ3v) is 2.12. The largest absolute Gasteiger partial charge is 0.500 e. The lowest BCUT2D eigenvalue weighted by molar-refractivity contribution is -0.386. The van der Waals surface area contributed by atoms with Gasteiger partial charge < -0.3 is 20.7 Å². The molecular weight excluding hydrogens is 232 g/mol. The van der Waals surface area contributed by atoms with E-state index in [1.807, 2.05) is 0 Å². The van der Waals surface area contributed by atoms with E-state index < -0.39 is 28.4 Å². The predicted molar refractivity (Wildman–Crippen MR) is 55.9 cm³/mol. The van der Waals surface area contributed by atoms with Gasteiger partial charge in [0.2, 0.25) is 5.75 Å². The van der Waals surface area contributed by atoms with E-state index in [1.165, 1.54) is 7.11 Å². The Bertz CT molecular complexity index is 473. The van der Waals surface area contributed by atoms with Gasteiger partial charge in [-0.05, 0) is 11.6 Å². The summed E-state index contributed by atoms with van der Waals surface area (Å²) in [5, 5.41) is 28.8. The highest BCUT2D eigenvalue weighted by Gasteiger charge is 2.24. The van der Waals surface area contributed by atoms with Crippen LogP contribution in [0.1, 0.15) is 11.6 Å². The zero-order valence-electron chi connectivity index (χ0n) is 8.78. The first-order valence-corrected chi connectivity index (χ1v) is 4.42. The SMILES string of the molecule is COc1cc(C(N)C(=O)O)cc([N+](=O)[O-])c1O. The molecule has 1 rings (SSSR count).